The molecular weight excluding hydrogens is 322 g/mol. The molecular formula is C18H21N3O4. The molecule has 1 aromatic carbocycles. The standard InChI is InChI=1S/C18H21N3O4/c1-12(22)20-13-6-4-7-14(10-13)21-17(24)18(2,3)16(23)19-11-15-8-5-9-25-15/h4-10H,11H2,1-3H3,(H,19,23)(H,20,22)(H,21,24). The summed E-state index contributed by atoms with van der Waals surface area (Å²) >= 11 is 0. The average Bonchev–Trinajstić information content (AvgIpc) is 3.05. The van der Waals surface area contributed by atoms with E-state index in [4.69, 9.17) is 4.42 Å². The van der Waals surface area contributed by atoms with Crippen LogP contribution in [0, 0.1) is 5.41 Å². The van der Waals surface area contributed by atoms with Crippen LogP contribution in [0.3, 0.4) is 0 Å². The second-order valence-electron chi connectivity index (χ2n) is 6.10. The van der Waals surface area contributed by atoms with E-state index in [1.165, 1.54) is 27.0 Å². The second kappa shape index (κ2) is 7.65. The predicted molar refractivity (Wildman–Crippen MR) is 93.7 cm³/mol. The maximum atomic E-state index is 12.5. The molecule has 0 aliphatic carbocycles. The van der Waals surface area contributed by atoms with Gasteiger partial charge in [-0.2, -0.15) is 0 Å². The summed E-state index contributed by atoms with van der Waals surface area (Å²) in [5.41, 5.74) is -0.232. The van der Waals surface area contributed by atoms with Crippen molar-refractivity contribution in [2.75, 3.05) is 10.6 Å². The van der Waals surface area contributed by atoms with Gasteiger partial charge in [0.1, 0.15) is 11.2 Å². The number of benzene rings is 1. The maximum Gasteiger partial charge on any atom is 0.239 e. The first-order valence-electron chi connectivity index (χ1n) is 7.79. The normalized spacial score (nSPS) is 10.8. The van der Waals surface area contributed by atoms with Gasteiger partial charge in [0.15, 0.2) is 0 Å². The molecule has 1 aromatic heterocycles. The summed E-state index contributed by atoms with van der Waals surface area (Å²) in [6, 6.07) is 10.2. The van der Waals surface area contributed by atoms with Crippen LogP contribution in [0.2, 0.25) is 0 Å². The van der Waals surface area contributed by atoms with Crippen molar-refractivity contribution in [3.63, 3.8) is 0 Å². The molecule has 0 fully saturated rings. The quantitative estimate of drug-likeness (QED) is 0.702. The van der Waals surface area contributed by atoms with E-state index in [0.717, 1.165) is 0 Å². The minimum absolute atomic E-state index is 0.207. The highest BCUT2D eigenvalue weighted by Crippen LogP contribution is 2.21. The Labute approximate surface area is 145 Å². The Bertz CT molecular complexity index is 766. The fourth-order valence-corrected chi connectivity index (χ4v) is 2.07. The highest BCUT2D eigenvalue weighted by molar-refractivity contribution is 6.10. The largest absolute Gasteiger partial charge is 0.467 e. The third-order valence-electron chi connectivity index (χ3n) is 3.58. The van der Waals surface area contributed by atoms with E-state index in [1.807, 2.05) is 0 Å². The van der Waals surface area contributed by atoms with Gasteiger partial charge in [-0.15, -0.1) is 0 Å². The number of rotatable bonds is 6. The minimum atomic E-state index is -1.28. The van der Waals surface area contributed by atoms with Gasteiger partial charge in [0.25, 0.3) is 0 Å². The van der Waals surface area contributed by atoms with Crippen LogP contribution in [0.4, 0.5) is 11.4 Å². The molecule has 7 heteroatoms. The SMILES string of the molecule is CC(=O)Nc1cccc(NC(=O)C(C)(C)C(=O)NCc2ccco2)c1. The molecule has 0 saturated heterocycles. The Hall–Kier alpha value is -3.09. The molecule has 3 amide bonds. The zero-order chi connectivity index (χ0) is 18.4. The number of nitrogens with one attached hydrogen (secondary N) is 3. The van der Waals surface area contributed by atoms with Crippen molar-refractivity contribution in [3.05, 3.63) is 48.4 Å². The molecule has 7 nitrogen and oxygen atoms in total. The van der Waals surface area contributed by atoms with Crippen molar-refractivity contribution in [2.45, 2.75) is 27.3 Å². The van der Waals surface area contributed by atoms with Crippen molar-refractivity contribution in [3.8, 4) is 0 Å². The monoisotopic (exact) mass is 343 g/mol. The van der Waals surface area contributed by atoms with Gasteiger partial charge in [-0.3, -0.25) is 14.4 Å². The summed E-state index contributed by atoms with van der Waals surface area (Å²) in [7, 11) is 0. The summed E-state index contributed by atoms with van der Waals surface area (Å²) in [6.07, 6.45) is 1.52. The fraction of sp³-hybridized carbons (Fsp3) is 0.278. The van der Waals surface area contributed by atoms with E-state index in [9.17, 15) is 14.4 Å². The van der Waals surface area contributed by atoms with Crippen LogP contribution in [0.1, 0.15) is 26.5 Å². The van der Waals surface area contributed by atoms with Gasteiger partial charge in [0.05, 0.1) is 12.8 Å². The van der Waals surface area contributed by atoms with Gasteiger partial charge < -0.3 is 20.4 Å². The van der Waals surface area contributed by atoms with Crippen molar-refractivity contribution in [1.29, 1.82) is 0 Å². The molecule has 0 spiro atoms. The first kappa shape index (κ1) is 18.3. The first-order valence-corrected chi connectivity index (χ1v) is 7.79. The van der Waals surface area contributed by atoms with E-state index < -0.39 is 17.2 Å². The van der Waals surface area contributed by atoms with E-state index in [1.54, 1.807) is 36.4 Å². The Morgan fingerprint density at radius 3 is 2.28 bits per heavy atom. The first-order chi connectivity index (χ1) is 11.8. The molecule has 0 unspecified atom stereocenters. The molecule has 2 rings (SSSR count). The lowest BCUT2D eigenvalue weighted by Gasteiger charge is -2.22. The summed E-state index contributed by atoms with van der Waals surface area (Å²) in [5, 5.41) is 8.01. The van der Waals surface area contributed by atoms with Gasteiger partial charge in [-0.25, -0.2) is 0 Å². The molecule has 0 bridgehead atoms. The van der Waals surface area contributed by atoms with E-state index in [2.05, 4.69) is 16.0 Å². The molecule has 0 aliphatic rings. The number of hydrogen-bond acceptors (Lipinski definition) is 4. The van der Waals surface area contributed by atoms with E-state index in [0.29, 0.717) is 17.1 Å². The smallest absolute Gasteiger partial charge is 0.239 e. The van der Waals surface area contributed by atoms with Crippen LogP contribution >= 0.6 is 0 Å². The topological polar surface area (TPSA) is 100 Å². The van der Waals surface area contributed by atoms with E-state index in [-0.39, 0.29) is 12.5 Å². The Balaban J connectivity index is 2.00. The Morgan fingerprint density at radius 2 is 1.68 bits per heavy atom. The summed E-state index contributed by atoms with van der Waals surface area (Å²) in [4.78, 5) is 35.9. The number of furan rings is 1. The number of carbonyl (C=O) groups is 3. The third-order valence-corrected chi connectivity index (χ3v) is 3.58. The number of carbonyl (C=O) groups excluding carboxylic acids is 3. The molecule has 1 heterocycles. The van der Waals surface area contributed by atoms with Crippen molar-refractivity contribution in [2.24, 2.45) is 5.41 Å². The molecule has 0 saturated carbocycles. The summed E-state index contributed by atoms with van der Waals surface area (Å²) in [6.45, 7) is 4.69. The molecule has 25 heavy (non-hydrogen) atoms. The van der Waals surface area contributed by atoms with Crippen molar-refractivity contribution < 1.29 is 18.8 Å². The van der Waals surface area contributed by atoms with Crippen molar-refractivity contribution >= 4 is 29.1 Å². The fourth-order valence-electron chi connectivity index (χ4n) is 2.07. The van der Waals surface area contributed by atoms with Crippen LogP contribution in [-0.4, -0.2) is 17.7 Å². The lowest BCUT2D eigenvalue weighted by Crippen LogP contribution is -2.44. The van der Waals surface area contributed by atoms with Gasteiger partial charge in [0.2, 0.25) is 17.7 Å². The van der Waals surface area contributed by atoms with Crippen LogP contribution in [0.5, 0.6) is 0 Å². The van der Waals surface area contributed by atoms with Gasteiger partial charge in [-0.1, -0.05) is 6.07 Å². The zero-order valence-corrected chi connectivity index (χ0v) is 14.4. The van der Waals surface area contributed by atoms with Crippen LogP contribution in [-0.2, 0) is 20.9 Å². The Morgan fingerprint density at radius 1 is 1.00 bits per heavy atom. The summed E-state index contributed by atoms with van der Waals surface area (Å²) in [5.74, 6) is -0.475. The van der Waals surface area contributed by atoms with Gasteiger partial charge in [0, 0.05) is 18.3 Å². The molecule has 2 aromatic rings. The lowest BCUT2D eigenvalue weighted by molar-refractivity contribution is -0.138. The molecule has 0 atom stereocenters. The highest BCUT2D eigenvalue weighted by atomic mass is 16.3. The summed E-state index contributed by atoms with van der Waals surface area (Å²) < 4.78 is 5.15. The zero-order valence-electron chi connectivity index (χ0n) is 14.4. The van der Waals surface area contributed by atoms with E-state index >= 15 is 0 Å². The average molecular weight is 343 g/mol. The maximum absolute atomic E-state index is 12.5. The van der Waals surface area contributed by atoms with Crippen LogP contribution in [0.15, 0.2) is 47.1 Å². The second-order valence-corrected chi connectivity index (χ2v) is 6.10. The number of amides is 3. The minimum Gasteiger partial charge on any atom is -0.467 e. The van der Waals surface area contributed by atoms with Gasteiger partial charge in [-0.05, 0) is 44.2 Å². The Kier molecular flexibility index (Phi) is 5.59. The number of hydrogen-bond donors (Lipinski definition) is 3. The lowest BCUT2D eigenvalue weighted by atomic mass is 9.91. The highest BCUT2D eigenvalue weighted by Gasteiger charge is 2.36. The van der Waals surface area contributed by atoms with Crippen LogP contribution < -0.4 is 16.0 Å². The molecule has 0 aliphatic heterocycles. The van der Waals surface area contributed by atoms with Crippen LogP contribution in [0.25, 0.3) is 0 Å². The molecule has 132 valence electrons. The predicted octanol–water partition coefficient (Wildman–Crippen LogP) is 2.52. The number of anilines is 2. The molecule has 3 N–H and O–H groups in total. The van der Waals surface area contributed by atoms with Crippen molar-refractivity contribution in [1.82, 2.24) is 5.32 Å². The third kappa shape index (κ3) is 4.94. The van der Waals surface area contributed by atoms with Gasteiger partial charge >= 0.3 is 0 Å². The molecule has 0 radical (unpaired) electrons.